The molecular formula is C17H28N4O. The Hall–Kier alpha value is -1.46. The molecule has 3 aliphatic heterocycles. The molecule has 3 heterocycles. The van der Waals surface area contributed by atoms with Crippen molar-refractivity contribution in [1.82, 2.24) is 19.6 Å². The maximum absolute atomic E-state index is 5.53. The van der Waals surface area contributed by atoms with Crippen LogP contribution in [0, 0.1) is 0 Å². The number of likely N-dealkylation sites (N-methyl/N-ethyl adjacent to an activating group) is 3. The topological polar surface area (TPSA) is 22.2 Å². The summed E-state index contributed by atoms with van der Waals surface area (Å²) in [7, 11) is 8.16. The van der Waals surface area contributed by atoms with E-state index in [0.717, 1.165) is 6.54 Å². The van der Waals surface area contributed by atoms with E-state index in [9.17, 15) is 0 Å². The number of hydrogen-bond donors (Lipinski definition) is 0. The second-order valence-electron chi connectivity index (χ2n) is 6.53. The molecule has 0 N–H and O–H groups in total. The maximum atomic E-state index is 5.53. The van der Waals surface area contributed by atoms with Crippen LogP contribution in [-0.4, -0.2) is 79.9 Å². The number of likely N-dealkylation sites (tertiary alicyclic amines) is 1. The highest BCUT2D eigenvalue weighted by molar-refractivity contribution is 5.32. The Bertz CT molecular complexity index is 493. The molecule has 0 aromatic rings. The van der Waals surface area contributed by atoms with E-state index in [1.165, 1.54) is 37.2 Å². The Kier molecular flexibility index (Phi) is 4.45. The molecule has 1 fully saturated rings. The van der Waals surface area contributed by atoms with Gasteiger partial charge in [0.25, 0.3) is 0 Å². The average Bonchev–Trinajstić information content (AvgIpc) is 3.10. The van der Waals surface area contributed by atoms with Crippen LogP contribution >= 0.6 is 0 Å². The Labute approximate surface area is 134 Å². The van der Waals surface area contributed by atoms with Gasteiger partial charge in [0.1, 0.15) is 12.4 Å². The highest BCUT2D eigenvalue weighted by Gasteiger charge is 2.32. The molecule has 5 heteroatoms. The molecule has 1 saturated heterocycles. The summed E-state index contributed by atoms with van der Waals surface area (Å²) in [5.41, 5.74) is 2.69. The van der Waals surface area contributed by atoms with E-state index < -0.39 is 0 Å². The molecule has 0 aromatic heterocycles. The zero-order valence-corrected chi connectivity index (χ0v) is 14.2. The molecule has 0 bridgehead atoms. The maximum Gasteiger partial charge on any atom is 0.149 e. The van der Waals surface area contributed by atoms with Gasteiger partial charge in [0, 0.05) is 52.9 Å². The fraction of sp³-hybridized carbons (Fsp3) is 0.647. The highest BCUT2D eigenvalue weighted by atomic mass is 16.5. The van der Waals surface area contributed by atoms with E-state index in [2.05, 4.69) is 58.2 Å². The van der Waals surface area contributed by atoms with Crippen LogP contribution in [0.25, 0.3) is 0 Å². The van der Waals surface area contributed by atoms with Crippen molar-refractivity contribution in [2.24, 2.45) is 0 Å². The molecule has 0 spiro atoms. The van der Waals surface area contributed by atoms with Crippen molar-refractivity contribution < 1.29 is 4.74 Å². The van der Waals surface area contributed by atoms with Crippen LogP contribution in [0.3, 0.4) is 0 Å². The summed E-state index contributed by atoms with van der Waals surface area (Å²) in [6.07, 6.45) is 11.8. The third kappa shape index (κ3) is 2.88. The molecule has 0 aromatic carbocycles. The van der Waals surface area contributed by atoms with Crippen LogP contribution in [0.5, 0.6) is 0 Å². The first-order chi connectivity index (χ1) is 10.6. The van der Waals surface area contributed by atoms with Crippen LogP contribution in [0.4, 0.5) is 0 Å². The van der Waals surface area contributed by atoms with Crippen molar-refractivity contribution in [3.05, 3.63) is 35.8 Å². The van der Waals surface area contributed by atoms with Gasteiger partial charge in [-0.3, -0.25) is 4.90 Å². The van der Waals surface area contributed by atoms with Crippen molar-refractivity contribution in [1.29, 1.82) is 0 Å². The highest BCUT2D eigenvalue weighted by Crippen LogP contribution is 2.29. The lowest BCUT2D eigenvalue weighted by Crippen LogP contribution is -2.41. The van der Waals surface area contributed by atoms with Crippen LogP contribution in [0.2, 0.25) is 0 Å². The predicted octanol–water partition coefficient (Wildman–Crippen LogP) is 1.48. The molecule has 0 aliphatic carbocycles. The van der Waals surface area contributed by atoms with Crippen LogP contribution < -0.4 is 0 Å². The molecule has 22 heavy (non-hydrogen) atoms. The molecule has 2 unspecified atom stereocenters. The van der Waals surface area contributed by atoms with E-state index in [4.69, 9.17) is 4.74 Å². The van der Waals surface area contributed by atoms with Crippen molar-refractivity contribution in [2.75, 3.05) is 47.9 Å². The first-order valence-electron chi connectivity index (χ1n) is 8.12. The van der Waals surface area contributed by atoms with Crippen LogP contribution in [0.1, 0.15) is 12.8 Å². The molecule has 5 nitrogen and oxygen atoms in total. The average molecular weight is 304 g/mol. The Morgan fingerprint density at radius 2 is 1.86 bits per heavy atom. The minimum absolute atomic E-state index is 0.0180. The Balaban J connectivity index is 1.72. The number of hydrogen-bond acceptors (Lipinski definition) is 5. The van der Waals surface area contributed by atoms with Gasteiger partial charge in [0.15, 0.2) is 0 Å². The summed E-state index contributed by atoms with van der Waals surface area (Å²) in [5.74, 6) is 0. The summed E-state index contributed by atoms with van der Waals surface area (Å²) in [5, 5.41) is 0. The van der Waals surface area contributed by atoms with Gasteiger partial charge in [-0.25, -0.2) is 0 Å². The monoisotopic (exact) mass is 304 g/mol. The van der Waals surface area contributed by atoms with Crippen molar-refractivity contribution in [3.8, 4) is 0 Å². The van der Waals surface area contributed by atoms with Gasteiger partial charge in [0.05, 0.1) is 0 Å². The van der Waals surface area contributed by atoms with Crippen LogP contribution in [-0.2, 0) is 4.74 Å². The van der Waals surface area contributed by atoms with Crippen molar-refractivity contribution >= 4 is 0 Å². The Morgan fingerprint density at radius 1 is 1.14 bits per heavy atom. The number of nitrogens with zero attached hydrogens (tertiary/aromatic N) is 4. The summed E-state index contributed by atoms with van der Waals surface area (Å²) in [6.45, 7) is 3.53. The third-order valence-electron chi connectivity index (χ3n) is 4.92. The van der Waals surface area contributed by atoms with Crippen molar-refractivity contribution in [2.45, 2.75) is 25.2 Å². The molecule has 0 radical (unpaired) electrons. The molecular weight excluding hydrogens is 276 g/mol. The summed E-state index contributed by atoms with van der Waals surface area (Å²) in [6, 6.07) is 0. The minimum Gasteiger partial charge on any atom is -0.358 e. The van der Waals surface area contributed by atoms with Gasteiger partial charge >= 0.3 is 0 Å². The lowest BCUT2D eigenvalue weighted by Gasteiger charge is -2.35. The molecule has 3 aliphatic rings. The lowest BCUT2D eigenvalue weighted by atomic mass is 10.1. The summed E-state index contributed by atoms with van der Waals surface area (Å²) in [4.78, 5) is 9.33. The van der Waals surface area contributed by atoms with Gasteiger partial charge in [-0.1, -0.05) is 0 Å². The number of ether oxygens (including phenoxy) is 1. The largest absolute Gasteiger partial charge is 0.358 e. The second kappa shape index (κ2) is 6.34. The summed E-state index contributed by atoms with van der Waals surface area (Å²) >= 11 is 0. The third-order valence-corrected chi connectivity index (χ3v) is 4.92. The fourth-order valence-corrected chi connectivity index (χ4v) is 3.64. The molecule has 0 amide bonds. The molecule has 3 rings (SSSR count). The first-order valence-corrected chi connectivity index (χ1v) is 8.12. The summed E-state index contributed by atoms with van der Waals surface area (Å²) < 4.78 is 5.53. The quantitative estimate of drug-likeness (QED) is 0.782. The van der Waals surface area contributed by atoms with Crippen LogP contribution in [0.15, 0.2) is 35.8 Å². The standard InChI is InChI=1S/C17H28N4O/c1-18-10-7-14(11-16(18)22-4)17-19(2)12-15(20(17)3)13-21-8-5-6-9-21/h7,10-12,16-17H,5-6,8-9,13H2,1-4H3. The second-order valence-corrected chi connectivity index (χ2v) is 6.53. The smallest absolute Gasteiger partial charge is 0.149 e. The van der Waals surface area contributed by atoms with Gasteiger partial charge in [-0.05, 0) is 43.7 Å². The Morgan fingerprint density at radius 3 is 2.55 bits per heavy atom. The molecule has 0 saturated carbocycles. The zero-order valence-electron chi connectivity index (χ0n) is 14.2. The zero-order chi connectivity index (χ0) is 15.7. The van der Waals surface area contributed by atoms with Gasteiger partial charge in [0.2, 0.25) is 0 Å². The van der Waals surface area contributed by atoms with Gasteiger partial charge in [-0.2, -0.15) is 0 Å². The first kappa shape index (κ1) is 15.4. The SMILES string of the molecule is COC1C=C(C2N(C)C=C(CN3CCCC3)N2C)C=CN1C. The van der Waals surface area contributed by atoms with Crippen molar-refractivity contribution in [3.63, 3.8) is 0 Å². The van der Waals surface area contributed by atoms with E-state index in [-0.39, 0.29) is 12.4 Å². The lowest BCUT2D eigenvalue weighted by molar-refractivity contribution is 0.0423. The predicted molar refractivity (Wildman–Crippen MR) is 88.9 cm³/mol. The normalized spacial score (nSPS) is 29.4. The van der Waals surface area contributed by atoms with E-state index >= 15 is 0 Å². The van der Waals surface area contributed by atoms with E-state index in [1.807, 2.05) is 7.05 Å². The minimum atomic E-state index is 0.0180. The van der Waals surface area contributed by atoms with E-state index in [1.54, 1.807) is 7.11 Å². The number of methoxy groups -OCH3 is 1. The number of rotatable bonds is 4. The van der Waals surface area contributed by atoms with E-state index in [0.29, 0.717) is 0 Å². The molecule has 2 atom stereocenters. The van der Waals surface area contributed by atoms with Gasteiger partial charge in [-0.15, -0.1) is 0 Å². The molecule has 122 valence electrons. The van der Waals surface area contributed by atoms with Gasteiger partial charge < -0.3 is 19.4 Å². The fourth-order valence-electron chi connectivity index (χ4n) is 3.64.